The molecule has 2 fully saturated rings. The van der Waals surface area contributed by atoms with E-state index >= 15 is 0 Å². The van der Waals surface area contributed by atoms with Crippen LogP contribution in [0.4, 0.5) is 9.59 Å². The largest absolute Gasteiger partial charge is 0.467 e. The monoisotopic (exact) mass is 370 g/mol. The highest BCUT2D eigenvalue weighted by molar-refractivity contribution is 5.84. The lowest BCUT2D eigenvalue weighted by atomic mass is 10.0. The van der Waals surface area contributed by atoms with Gasteiger partial charge in [-0.3, -0.25) is 9.80 Å². The Morgan fingerprint density at radius 2 is 1.42 bits per heavy atom. The maximum Gasteiger partial charge on any atom is 0.411 e. The summed E-state index contributed by atoms with van der Waals surface area (Å²) in [5.41, 5.74) is -1.32. The summed E-state index contributed by atoms with van der Waals surface area (Å²) in [6.45, 7) is 10.9. The fourth-order valence-electron chi connectivity index (χ4n) is 3.46. The Hall–Kier alpha value is -1.99. The van der Waals surface area contributed by atoms with Gasteiger partial charge < -0.3 is 14.2 Å². The molecule has 0 N–H and O–H groups in total. The number of likely N-dealkylation sites (tertiary alicyclic amines) is 1. The molecular weight excluding hydrogens is 340 g/mol. The predicted molar refractivity (Wildman–Crippen MR) is 93.6 cm³/mol. The molecule has 2 aliphatic heterocycles. The number of carbonyl (C=O) groups is 3. The van der Waals surface area contributed by atoms with Gasteiger partial charge in [0.15, 0.2) is 6.04 Å². The van der Waals surface area contributed by atoms with Crippen LogP contribution in [-0.4, -0.2) is 70.9 Å². The van der Waals surface area contributed by atoms with Crippen molar-refractivity contribution in [3.8, 4) is 0 Å². The number of rotatable bonds is 1. The minimum atomic E-state index is -0.902. The predicted octanol–water partition coefficient (Wildman–Crippen LogP) is 2.55. The fraction of sp³-hybridized carbons (Fsp3) is 0.833. The minimum Gasteiger partial charge on any atom is -0.467 e. The molecule has 0 spiro atoms. The number of amides is 2. The summed E-state index contributed by atoms with van der Waals surface area (Å²) in [4.78, 5) is 40.7. The molecule has 148 valence electrons. The Bertz CT molecular complexity index is 577. The van der Waals surface area contributed by atoms with Crippen molar-refractivity contribution in [1.29, 1.82) is 0 Å². The van der Waals surface area contributed by atoms with Crippen molar-refractivity contribution >= 4 is 18.2 Å². The first-order valence-electron chi connectivity index (χ1n) is 8.93. The van der Waals surface area contributed by atoms with Gasteiger partial charge in [-0.25, -0.2) is 14.4 Å². The second kappa shape index (κ2) is 6.96. The number of hydrogen-bond donors (Lipinski definition) is 0. The Morgan fingerprint density at radius 1 is 0.885 bits per heavy atom. The van der Waals surface area contributed by atoms with E-state index in [4.69, 9.17) is 14.2 Å². The second-order valence-electron chi connectivity index (χ2n) is 8.79. The molecule has 3 unspecified atom stereocenters. The third kappa shape index (κ3) is 4.40. The Balaban J connectivity index is 2.28. The molecule has 2 heterocycles. The maximum absolute atomic E-state index is 12.7. The van der Waals surface area contributed by atoms with Crippen LogP contribution in [0.3, 0.4) is 0 Å². The number of hydrogen-bond acceptors (Lipinski definition) is 6. The molecule has 0 aromatic heterocycles. The Kier molecular flexibility index (Phi) is 5.44. The molecule has 0 radical (unpaired) electrons. The molecule has 0 saturated carbocycles. The molecule has 3 atom stereocenters. The van der Waals surface area contributed by atoms with Crippen LogP contribution in [-0.2, 0) is 19.0 Å². The normalized spacial score (nSPS) is 25.7. The van der Waals surface area contributed by atoms with E-state index < -0.39 is 41.4 Å². The molecule has 0 aliphatic carbocycles. The van der Waals surface area contributed by atoms with Gasteiger partial charge in [0.25, 0.3) is 0 Å². The van der Waals surface area contributed by atoms with Gasteiger partial charge in [-0.05, 0) is 54.4 Å². The van der Waals surface area contributed by atoms with Crippen LogP contribution < -0.4 is 0 Å². The van der Waals surface area contributed by atoms with Crippen LogP contribution in [0.25, 0.3) is 0 Å². The van der Waals surface area contributed by atoms with Crippen molar-refractivity contribution in [2.75, 3.05) is 13.7 Å². The average Bonchev–Trinajstić information content (AvgIpc) is 2.77. The fourth-order valence-corrected chi connectivity index (χ4v) is 3.46. The van der Waals surface area contributed by atoms with E-state index in [1.54, 1.807) is 46.4 Å². The first-order valence-corrected chi connectivity index (χ1v) is 8.93. The lowest BCUT2D eigenvalue weighted by Crippen LogP contribution is -2.65. The summed E-state index contributed by atoms with van der Waals surface area (Å²) < 4.78 is 15.9. The van der Waals surface area contributed by atoms with E-state index in [0.717, 1.165) is 0 Å². The van der Waals surface area contributed by atoms with Gasteiger partial charge in [-0.15, -0.1) is 0 Å². The number of carbonyl (C=O) groups excluding carboxylic acids is 3. The van der Waals surface area contributed by atoms with Crippen LogP contribution in [0.5, 0.6) is 0 Å². The van der Waals surface area contributed by atoms with Crippen LogP contribution in [0, 0.1) is 0 Å². The zero-order valence-corrected chi connectivity index (χ0v) is 16.7. The quantitative estimate of drug-likeness (QED) is 0.521. The summed E-state index contributed by atoms with van der Waals surface area (Å²) in [5, 5.41) is 0. The standard InChI is InChI=1S/C18H30N2O6/c1-17(2,3)25-15(22)19-10-11-8-9-12(13(19)14(21)24-7)20(11)16(23)26-18(4,5)6/h11-13H,8-10H2,1-7H3. The van der Waals surface area contributed by atoms with Crippen LogP contribution in [0.15, 0.2) is 0 Å². The molecule has 0 aromatic carbocycles. The lowest BCUT2D eigenvalue weighted by Gasteiger charge is -2.45. The first-order chi connectivity index (χ1) is 11.8. The lowest BCUT2D eigenvalue weighted by molar-refractivity contribution is -0.151. The highest BCUT2D eigenvalue weighted by Crippen LogP contribution is 2.36. The van der Waals surface area contributed by atoms with E-state index in [1.807, 2.05) is 0 Å². The summed E-state index contributed by atoms with van der Waals surface area (Å²) in [7, 11) is 1.27. The molecule has 0 aromatic rings. The molecule has 2 bridgehead atoms. The number of nitrogens with zero attached hydrogens (tertiary/aromatic N) is 2. The van der Waals surface area contributed by atoms with Crippen LogP contribution >= 0.6 is 0 Å². The van der Waals surface area contributed by atoms with Crippen LogP contribution in [0.1, 0.15) is 54.4 Å². The Morgan fingerprint density at radius 3 is 1.92 bits per heavy atom. The zero-order chi connectivity index (χ0) is 19.9. The third-order valence-electron chi connectivity index (χ3n) is 4.33. The van der Waals surface area contributed by atoms with Crippen molar-refractivity contribution in [2.24, 2.45) is 0 Å². The maximum atomic E-state index is 12.7. The van der Waals surface area contributed by atoms with Gasteiger partial charge in [0.1, 0.15) is 11.2 Å². The van der Waals surface area contributed by atoms with Gasteiger partial charge in [-0.2, -0.15) is 0 Å². The van der Waals surface area contributed by atoms with E-state index in [1.165, 1.54) is 12.0 Å². The SMILES string of the molecule is COC(=O)C1C2CCC(CN1C(=O)OC(C)(C)C)N2C(=O)OC(C)(C)C. The molecule has 26 heavy (non-hydrogen) atoms. The molecule has 2 aliphatic rings. The summed E-state index contributed by atoms with van der Waals surface area (Å²) in [5.74, 6) is -0.560. The van der Waals surface area contributed by atoms with Gasteiger partial charge in [0.05, 0.1) is 19.2 Å². The summed E-state index contributed by atoms with van der Waals surface area (Å²) >= 11 is 0. The summed E-state index contributed by atoms with van der Waals surface area (Å²) in [6, 6.07) is -1.59. The van der Waals surface area contributed by atoms with E-state index in [9.17, 15) is 14.4 Å². The smallest absolute Gasteiger partial charge is 0.411 e. The van der Waals surface area contributed by atoms with Gasteiger partial charge in [-0.1, -0.05) is 0 Å². The first kappa shape index (κ1) is 20.3. The molecule has 8 nitrogen and oxygen atoms in total. The topological polar surface area (TPSA) is 85.4 Å². The van der Waals surface area contributed by atoms with E-state index in [-0.39, 0.29) is 12.6 Å². The van der Waals surface area contributed by atoms with E-state index in [2.05, 4.69) is 0 Å². The van der Waals surface area contributed by atoms with Crippen molar-refractivity contribution in [3.63, 3.8) is 0 Å². The molecule has 8 heteroatoms. The minimum absolute atomic E-state index is 0.205. The highest BCUT2D eigenvalue weighted by atomic mass is 16.6. The molecular formula is C18H30N2O6. The molecule has 2 saturated heterocycles. The molecule has 2 rings (SSSR count). The van der Waals surface area contributed by atoms with E-state index in [0.29, 0.717) is 12.8 Å². The number of fused-ring (bicyclic) bond motifs is 2. The van der Waals surface area contributed by atoms with Crippen molar-refractivity contribution in [1.82, 2.24) is 9.80 Å². The van der Waals surface area contributed by atoms with Crippen molar-refractivity contribution in [2.45, 2.75) is 83.7 Å². The van der Waals surface area contributed by atoms with Gasteiger partial charge in [0.2, 0.25) is 0 Å². The Labute approximate surface area is 154 Å². The number of piperazine rings is 1. The van der Waals surface area contributed by atoms with Gasteiger partial charge >= 0.3 is 18.2 Å². The average molecular weight is 370 g/mol. The highest BCUT2D eigenvalue weighted by Gasteiger charge is 2.54. The molecule has 2 amide bonds. The zero-order valence-electron chi connectivity index (χ0n) is 16.7. The van der Waals surface area contributed by atoms with Crippen molar-refractivity contribution in [3.05, 3.63) is 0 Å². The van der Waals surface area contributed by atoms with Crippen molar-refractivity contribution < 1.29 is 28.6 Å². The second-order valence-corrected chi connectivity index (χ2v) is 8.79. The number of ether oxygens (including phenoxy) is 3. The third-order valence-corrected chi connectivity index (χ3v) is 4.33. The summed E-state index contributed by atoms with van der Waals surface area (Å²) in [6.07, 6.45) is 0.246. The number of esters is 1. The van der Waals surface area contributed by atoms with Gasteiger partial charge in [0, 0.05) is 6.54 Å². The number of methoxy groups -OCH3 is 1. The van der Waals surface area contributed by atoms with Crippen LogP contribution in [0.2, 0.25) is 0 Å².